The topological polar surface area (TPSA) is 27.7 Å². The fourth-order valence-corrected chi connectivity index (χ4v) is 19.1. The summed E-state index contributed by atoms with van der Waals surface area (Å²) in [5, 5.41) is 0. The molecule has 0 aliphatic rings. The zero-order valence-electron chi connectivity index (χ0n) is 17.6. The molecule has 0 aliphatic heterocycles. The Bertz CT molecular complexity index is 328. The Morgan fingerprint density at radius 3 is 1.48 bits per heavy atom. The summed E-state index contributed by atoms with van der Waals surface area (Å²) in [6.07, 6.45) is 2.24. The van der Waals surface area contributed by atoms with Crippen molar-refractivity contribution in [2.45, 2.75) is 96.5 Å². The molecule has 1 atom stereocenters. The summed E-state index contributed by atoms with van der Waals surface area (Å²) in [4.78, 5) is 0. The van der Waals surface area contributed by atoms with E-state index in [0.717, 1.165) is 12.5 Å². The molecule has 23 heavy (non-hydrogen) atoms. The van der Waals surface area contributed by atoms with E-state index in [1.54, 1.807) is 0 Å². The van der Waals surface area contributed by atoms with Crippen molar-refractivity contribution in [1.29, 1.82) is 0 Å². The molecule has 8 heteroatoms. The molecule has 140 valence electrons. The highest BCUT2D eigenvalue weighted by atomic mass is 28.5. The second-order valence-corrected chi connectivity index (χ2v) is 27.8. The van der Waals surface area contributed by atoms with E-state index < -0.39 is 33.5 Å². The molecule has 0 aromatic heterocycles. The van der Waals surface area contributed by atoms with Crippen molar-refractivity contribution in [3.63, 3.8) is 0 Å². The second-order valence-electron chi connectivity index (χ2n) is 9.47. The van der Waals surface area contributed by atoms with E-state index >= 15 is 0 Å². The van der Waals surface area contributed by atoms with E-state index in [1.165, 1.54) is 22.7 Å². The summed E-state index contributed by atoms with van der Waals surface area (Å²) in [7, 11) is -6.12. The highest BCUT2D eigenvalue weighted by Crippen LogP contribution is 2.33. The molecule has 0 rings (SSSR count). The zero-order valence-corrected chi connectivity index (χ0v) is 23.6. The van der Waals surface area contributed by atoms with Crippen LogP contribution in [0.1, 0.15) is 19.8 Å². The van der Waals surface area contributed by atoms with Gasteiger partial charge in [-0.25, -0.2) is 0 Å². The molecule has 0 fully saturated rings. The van der Waals surface area contributed by atoms with Crippen LogP contribution < -0.4 is 0 Å². The monoisotopic (exact) mass is 410 g/mol. The highest BCUT2D eigenvalue weighted by Gasteiger charge is 2.51. The van der Waals surface area contributed by atoms with Gasteiger partial charge in [0.2, 0.25) is 0 Å². The molecule has 0 bridgehead atoms. The standard InChI is InChI=1S/C15H42O3Si5/c1-11-15(16-20(2,3)4)23(14-12-13-19,17-21(5,6)7)18-22(8,9)10/h15H,11-14H2,1-10,19H3. The summed E-state index contributed by atoms with van der Waals surface area (Å²) < 4.78 is 20.5. The maximum Gasteiger partial charge on any atom is 0.346 e. The molecule has 0 saturated carbocycles. The minimum absolute atomic E-state index is 0.181. The Labute approximate surface area is 153 Å². The van der Waals surface area contributed by atoms with Gasteiger partial charge in [0.15, 0.2) is 25.0 Å². The van der Waals surface area contributed by atoms with E-state index in [-0.39, 0.29) is 5.73 Å². The maximum atomic E-state index is 6.91. The first-order valence-corrected chi connectivity index (χ1v) is 23.0. The van der Waals surface area contributed by atoms with Crippen LogP contribution in [0.3, 0.4) is 0 Å². The van der Waals surface area contributed by atoms with Gasteiger partial charge in [0.1, 0.15) is 0 Å². The van der Waals surface area contributed by atoms with E-state index in [1.807, 2.05) is 0 Å². The third-order valence-electron chi connectivity index (χ3n) is 3.19. The summed E-state index contributed by atoms with van der Waals surface area (Å²) in [5.74, 6) is 0. The molecule has 0 heterocycles. The minimum atomic E-state index is -2.37. The quantitative estimate of drug-likeness (QED) is 0.470. The minimum Gasteiger partial charge on any atom is -0.435 e. The van der Waals surface area contributed by atoms with Gasteiger partial charge >= 0.3 is 8.56 Å². The van der Waals surface area contributed by atoms with E-state index in [2.05, 4.69) is 65.8 Å². The Morgan fingerprint density at radius 2 is 1.22 bits per heavy atom. The third kappa shape index (κ3) is 10.5. The fraction of sp³-hybridized carbons (Fsp3) is 1.00. The molecule has 0 aromatic rings. The Kier molecular flexibility index (Phi) is 9.44. The number of hydrogen-bond donors (Lipinski definition) is 0. The van der Waals surface area contributed by atoms with E-state index in [9.17, 15) is 0 Å². The predicted octanol–water partition coefficient (Wildman–Crippen LogP) is 4.47. The lowest BCUT2D eigenvalue weighted by atomic mass is 10.5. The summed E-state index contributed by atoms with van der Waals surface area (Å²) in [5.41, 5.74) is 0.181. The molecule has 3 nitrogen and oxygen atoms in total. The van der Waals surface area contributed by atoms with Crippen LogP contribution in [0.5, 0.6) is 0 Å². The second kappa shape index (κ2) is 9.06. The first kappa shape index (κ1) is 24.0. The third-order valence-corrected chi connectivity index (χ3v) is 15.3. The van der Waals surface area contributed by atoms with Crippen molar-refractivity contribution in [2.75, 3.05) is 0 Å². The van der Waals surface area contributed by atoms with Crippen molar-refractivity contribution in [3.8, 4) is 0 Å². The smallest absolute Gasteiger partial charge is 0.346 e. The van der Waals surface area contributed by atoms with Crippen molar-refractivity contribution in [2.24, 2.45) is 0 Å². The average molecular weight is 411 g/mol. The van der Waals surface area contributed by atoms with Crippen LogP contribution in [0, 0.1) is 0 Å². The van der Waals surface area contributed by atoms with E-state index in [0.29, 0.717) is 0 Å². The van der Waals surface area contributed by atoms with Gasteiger partial charge in [-0.2, -0.15) is 0 Å². The zero-order chi connectivity index (χ0) is 18.5. The molecular weight excluding hydrogens is 369 g/mol. The lowest BCUT2D eigenvalue weighted by Crippen LogP contribution is -2.64. The maximum absolute atomic E-state index is 6.91. The van der Waals surface area contributed by atoms with Crippen LogP contribution >= 0.6 is 0 Å². The molecule has 0 aliphatic carbocycles. The lowest BCUT2D eigenvalue weighted by molar-refractivity contribution is 0.195. The largest absolute Gasteiger partial charge is 0.435 e. The van der Waals surface area contributed by atoms with Crippen LogP contribution in [-0.4, -0.2) is 49.5 Å². The first-order valence-electron chi connectivity index (χ1n) is 9.22. The molecule has 0 spiro atoms. The van der Waals surface area contributed by atoms with Crippen LogP contribution in [-0.2, 0) is 12.7 Å². The van der Waals surface area contributed by atoms with Gasteiger partial charge in [-0.15, -0.1) is 0 Å². The van der Waals surface area contributed by atoms with Gasteiger partial charge in [0.25, 0.3) is 0 Å². The summed E-state index contributed by atoms with van der Waals surface area (Å²) in [6, 6.07) is 2.43. The molecule has 0 saturated heterocycles. The van der Waals surface area contributed by atoms with E-state index in [4.69, 9.17) is 12.7 Å². The van der Waals surface area contributed by atoms with Gasteiger partial charge in [-0.1, -0.05) is 19.4 Å². The van der Waals surface area contributed by atoms with Crippen LogP contribution in [0.2, 0.25) is 71.0 Å². The Morgan fingerprint density at radius 1 is 0.783 bits per heavy atom. The number of hydrogen-bond acceptors (Lipinski definition) is 3. The van der Waals surface area contributed by atoms with Crippen LogP contribution in [0.4, 0.5) is 0 Å². The normalized spacial score (nSPS) is 15.9. The predicted molar refractivity (Wildman–Crippen MR) is 117 cm³/mol. The van der Waals surface area contributed by atoms with Gasteiger partial charge < -0.3 is 12.7 Å². The SMILES string of the molecule is CCC(O[Si](C)(C)C)[Si](CCC[SiH3])(O[Si](C)(C)C)O[Si](C)(C)C. The summed E-state index contributed by atoms with van der Waals surface area (Å²) >= 11 is 0. The van der Waals surface area contributed by atoms with Crippen LogP contribution in [0.25, 0.3) is 0 Å². The average Bonchev–Trinajstić information content (AvgIpc) is 2.27. The number of rotatable bonds is 11. The van der Waals surface area contributed by atoms with Crippen molar-refractivity contribution < 1.29 is 12.7 Å². The lowest BCUT2D eigenvalue weighted by Gasteiger charge is -2.46. The fourth-order valence-electron chi connectivity index (χ4n) is 2.79. The Hall–Kier alpha value is 0.964. The van der Waals surface area contributed by atoms with Gasteiger partial charge in [0.05, 0.1) is 5.73 Å². The van der Waals surface area contributed by atoms with Crippen molar-refractivity contribution in [3.05, 3.63) is 0 Å². The first-order chi connectivity index (χ1) is 10.1. The van der Waals surface area contributed by atoms with Gasteiger partial charge in [-0.05, 0) is 71.4 Å². The Balaban J connectivity index is 5.81. The summed E-state index contributed by atoms with van der Waals surface area (Å²) in [6.45, 7) is 22.9. The molecular formula is C15H42O3Si5. The molecule has 1 unspecified atom stereocenters. The van der Waals surface area contributed by atoms with Gasteiger partial charge in [0, 0.05) is 10.2 Å². The van der Waals surface area contributed by atoms with Crippen molar-refractivity contribution >= 4 is 43.8 Å². The highest BCUT2D eigenvalue weighted by molar-refractivity contribution is 6.89. The molecule has 0 radical (unpaired) electrons. The van der Waals surface area contributed by atoms with Gasteiger partial charge in [-0.3, -0.25) is 0 Å². The van der Waals surface area contributed by atoms with Crippen molar-refractivity contribution in [1.82, 2.24) is 0 Å². The van der Waals surface area contributed by atoms with Crippen LogP contribution in [0.15, 0.2) is 0 Å². The molecule has 0 N–H and O–H groups in total. The molecule has 0 aromatic carbocycles. The molecule has 0 amide bonds.